The van der Waals surface area contributed by atoms with Gasteiger partial charge in [0.2, 0.25) is 0 Å². The first kappa shape index (κ1) is 21.0. The first-order chi connectivity index (χ1) is 13.3. The summed E-state index contributed by atoms with van der Waals surface area (Å²) in [5, 5.41) is 14.6. The Balaban J connectivity index is 1.80. The summed E-state index contributed by atoms with van der Waals surface area (Å²) in [4.78, 5) is 24.7. The number of allylic oxidation sites excluding steroid dienone is 1. The van der Waals surface area contributed by atoms with Crippen LogP contribution in [0.2, 0.25) is 0 Å². The maximum atomic E-state index is 13.0. The largest absolute Gasteiger partial charge is 0.496 e. The van der Waals surface area contributed by atoms with E-state index in [0.29, 0.717) is 23.9 Å². The van der Waals surface area contributed by atoms with E-state index in [0.717, 1.165) is 0 Å². The van der Waals surface area contributed by atoms with E-state index in [4.69, 9.17) is 4.74 Å². The van der Waals surface area contributed by atoms with Crippen molar-refractivity contribution in [1.29, 1.82) is 0 Å². The van der Waals surface area contributed by atoms with E-state index in [1.807, 2.05) is 26.8 Å². The molecule has 5 nitrogen and oxygen atoms in total. The van der Waals surface area contributed by atoms with Crippen LogP contribution in [0.3, 0.4) is 0 Å². The van der Waals surface area contributed by atoms with Crippen molar-refractivity contribution >= 4 is 23.6 Å². The summed E-state index contributed by atoms with van der Waals surface area (Å²) >= 11 is 1.72. The van der Waals surface area contributed by atoms with Gasteiger partial charge in [0.1, 0.15) is 11.8 Å². The van der Waals surface area contributed by atoms with Gasteiger partial charge in [-0.3, -0.25) is 4.79 Å². The Kier molecular flexibility index (Phi) is 6.58. The van der Waals surface area contributed by atoms with E-state index < -0.39 is 17.4 Å². The molecule has 0 spiro atoms. The van der Waals surface area contributed by atoms with Crippen LogP contribution in [0.25, 0.3) is 0 Å². The maximum absolute atomic E-state index is 13.0. The van der Waals surface area contributed by atoms with Crippen LogP contribution in [-0.4, -0.2) is 34.9 Å². The monoisotopic (exact) mass is 405 g/mol. The van der Waals surface area contributed by atoms with Gasteiger partial charge >= 0.3 is 5.97 Å². The molecule has 6 heteroatoms. The summed E-state index contributed by atoms with van der Waals surface area (Å²) < 4.78 is 6.25. The van der Waals surface area contributed by atoms with Crippen LogP contribution < -0.4 is 5.32 Å². The first-order valence-electron chi connectivity index (χ1n) is 10.2. The number of hydrogen-bond acceptors (Lipinski definition) is 4. The quantitative estimate of drug-likeness (QED) is 0.690. The third kappa shape index (κ3) is 4.83. The predicted octanol–water partition coefficient (Wildman–Crippen LogP) is 4.27. The van der Waals surface area contributed by atoms with E-state index in [9.17, 15) is 14.7 Å². The third-order valence-electron chi connectivity index (χ3n) is 5.73. The highest BCUT2D eigenvalue weighted by atomic mass is 32.2. The number of carbonyl (C=O) groups is 2. The van der Waals surface area contributed by atoms with Gasteiger partial charge in [-0.1, -0.05) is 52.2 Å². The molecule has 0 saturated heterocycles. The Bertz CT molecular complexity index is 698. The van der Waals surface area contributed by atoms with Crippen LogP contribution in [0.4, 0.5) is 0 Å². The zero-order valence-corrected chi connectivity index (χ0v) is 17.8. The number of nitrogens with one attached hydrogen (secondary N) is 1. The molecule has 2 N–H and O–H groups in total. The van der Waals surface area contributed by atoms with E-state index in [1.54, 1.807) is 17.8 Å². The minimum atomic E-state index is -1.03. The summed E-state index contributed by atoms with van der Waals surface area (Å²) in [6, 6.07) is -0.966. The molecule has 1 amide bonds. The number of ether oxygens (including phenoxy) is 1. The Hall–Kier alpha value is -1.69. The number of aliphatic carboxylic acids is 1. The molecule has 2 aliphatic carbocycles. The molecule has 1 aliphatic heterocycles. The smallest absolute Gasteiger partial charge is 0.326 e. The van der Waals surface area contributed by atoms with Crippen LogP contribution in [-0.2, 0) is 14.3 Å². The van der Waals surface area contributed by atoms with E-state index in [1.165, 1.54) is 32.1 Å². The molecule has 0 aromatic carbocycles. The molecule has 2 unspecified atom stereocenters. The first-order valence-corrected chi connectivity index (χ1v) is 11.1. The molecule has 1 heterocycles. The van der Waals surface area contributed by atoms with Gasteiger partial charge in [0.05, 0.1) is 18.1 Å². The molecule has 0 aromatic heterocycles. The van der Waals surface area contributed by atoms with Gasteiger partial charge in [-0.2, -0.15) is 0 Å². The van der Waals surface area contributed by atoms with Crippen molar-refractivity contribution in [2.24, 2.45) is 17.3 Å². The highest BCUT2D eigenvalue weighted by Crippen LogP contribution is 2.41. The molecule has 1 fully saturated rings. The summed E-state index contributed by atoms with van der Waals surface area (Å²) in [5.74, 6) is -0.137. The Labute approximate surface area is 171 Å². The van der Waals surface area contributed by atoms with Crippen LogP contribution in [0, 0.1) is 17.3 Å². The lowest BCUT2D eigenvalue weighted by molar-refractivity contribution is -0.144. The number of rotatable bonds is 6. The second-order valence-electron chi connectivity index (χ2n) is 9.02. The number of thioether (sulfide) groups is 1. The van der Waals surface area contributed by atoms with Crippen LogP contribution in [0.5, 0.6) is 0 Å². The molecule has 3 rings (SSSR count). The van der Waals surface area contributed by atoms with Crippen LogP contribution in [0.15, 0.2) is 35.0 Å². The molecule has 1 saturated carbocycles. The SMILES string of the molecule is CC(C)(C)[C@H](NC(=O)C1=C(OCC2CCCCC2)C2C=CSC2C=C1)C(=O)O. The molecule has 3 aliphatic rings. The molecule has 0 radical (unpaired) electrons. The molecule has 3 atom stereocenters. The van der Waals surface area contributed by atoms with Crippen molar-refractivity contribution in [2.45, 2.75) is 64.2 Å². The summed E-state index contributed by atoms with van der Waals surface area (Å²) in [6.45, 7) is 6.06. The zero-order chi connectivity index (χ0) is 20.3. The minimum absolute atomic E-state index is 0.0391. The van der Waals surface area contributed by atoms with Crippen molar-refractivity contribution in [1.82, 2.24) is 5.32 Å². The molecular weight excluding hydrogens is 374 g/mol. The maximum Gasteiger partial charge on any atom is 0.326 e. The zero-order valence-electron chi connectivity index (χ0n) is 16.9. The Morgan fingerprint density at radius 1 is 1.25 bits per heavy atom. The number of carboxylic acids is 1. The summed E-state index contributed by atoms with van der Waals surface area (Å²) in [7, 11) is 0. The average Bonchev–Trinajstić information content (AvgIpc) is 3.12. The van der Waals surface area contributed by atoms with E-state index in [2.05, 4.69) is 16.8 Å². The lowest BCUT2D eigenvalue weighted by Crippen LogP contribution is -2.49. The van der Waals surface area contributed by atoms with E-state index >= 15 is 0 Å². The molecular formula is C22H31NO4S. The number of carbonyl (C=O) groups excluding carboxylic acids is 1. The van der Waals surface area contributed by atoms with Crippen molar-refractivity contribution in [3.05, 3.63) is 35.0 Å². The second kappa shape index (κ2) is 8.76. The standard InChI is InChI=1S/C22H31NO4S/c1-22(2,3)19(21(25)26)23-20(24)16-9-10-17-15(11-12-28-17)18(16)27-13-14-7-5-4-6-8-14/h9-12,14-15,17,19H,4-8,13H2,1-3H3,(H,23,24)(H,25,26)/t15?,17?,19-/m1/s1. The Morgan fingerprint density at radius 3 is 2.61 bits per heavy atom. The normalized spacial score (nSPS) is 26.1. The highest BCUT2D eigenvalue weighted by molar-refractivity contribution is 8.03. The number of amides is 1. The number of carboxylic acid groups (broad SMARTS) is 1. The fraction of sp³-hybridized carbons (Fsp3) is 0.636. The third-order valence-corrected chi connectivity index (χ3v) is 6.81. The van der Waals surface area contributed by atoms with Crippen molar-refractivity contribution in [3.63, 3.8) is 0 Å². The Morgan fingerprint density at radius 2 is 1.96 bits per heavy atom. The predicted molar refractivity (Wildman–Crippen MR) is 112 cm³/mol. The van der Waals surface area contributed by atoms with E-state index in [-0.39, 0.29) is 17.1 Å². The van der Waals surface area contributed by atoms with Crippen LogP contribution >= 0.6 is 11.8 Å². The summed E-state index contributed by atoms with van der Waals surface area (Å²) in [6.07, 6.45) is 12.0. The van der Waals surface area contributed by atoms with Gasteiger partial charge in [0, 0.05) is 5.25 Å². The molecule has 0 aromatic rings. The fourth-order valence-electron chi connectivity index (χ4n) is 4.05. The van der Waals surface area contributed by atoms with Gasteiger partial charge in [-0.05, 0) is 35.7 Å². The van der Waals surface area contributed by atoms with Gasteiger partial charge in [-0.15, -0.1) is 11.8 Å². The van der Waals surface area contributed by atoms with Gasteiger partial charge in [0.25, 0.3) is 5.91 Å². The number of hydrogen-bond donors (Lipinski definition) is 2. The van der Waals surface area contributed by atoms with Crippen molar-refractivity contribution in [3.8, 4) is 0 Å². The molecule has 154 valence electrons. The lowest BCUT2D eigenvalue weighted by Gasteiger charge is -2.31. The number of fused-ring (bicyclic) bond motifs is 1. The minimum Gasteiger partial charge on any atom is -0.496 e. The highest BCUT2D eigenvalue weighted by Gasteiger charge is 2.37. The second-order valence-corrected chi connectivity index (χ2v) is 10.1. The summed E-state index contributed by atoms with van der Waals surface area (Å²) in [5.41, 5.74) is -0.130. The van der Waals surface area contributed by atoms with Gasteiger partial charge in [0.15, 0.2) is 0 Å². The topological polar surface area (TPSA) is 75.6 Å². The van der Waals surface area contributed by atoms with Crippen molar-refractivity contribution in [2.75, 3.05) is 6.61 Å². The van der Waals surface area contributed by atoms with Gasteiger partial charge < -0.3 is 15.2 Å². The lowest BCUT2D eigenvalue weighted by atomic mass is 9.86. The van der Waals surface area contributed by atoms with Crippen molar-refractivity contribution < 1.29 is 19.4 Å². The average molecular weight is 406 g/mol. The molecule has 28 heavy (non-hydrogen) atoms. The van der Waals surface area contributed by atoms with Gasteiger partial charge in [-0.25, -0.2) is 4.79 Å². The molecule has 0 bridgehead atoms. The van der Waals surface area contributed by atoms with Crippen LogP contribution in [0.1, 0.15) is 52.9 Å². The fourth-order valence-corrected chi connectivity index (χ4v) is 5.04.